The van der Waals surface area contributed by atoms with Crippen molar-refractivity contribution in [2.24, 2.45) is 0 Å². The van der Waals surface area contributed by atoms with Crippen molar-refractivity contribution < 1.29 is 4.79 Å². The van der Waals surface area contributed by atoms with Gasteiger partial charge in [-0.3, -0.25) is 10.2 Å². The van der Waals surface area contributed by atoms with Crippen LogP contribution in [0.1, 0.15) is 26.8 Å². The number of nitrogens with one attached hydrogen (secondary N) is 1. The fourth-order valence-corrected chi connectivity index (χ4v) is 4.07. The van der Waals surface area contributed by atoms with Crippen molar-refractivity contribution in [1.82, 2.24) is 19.6 Å². The van der Waals surface area contributed by atoms with E-state index in [2.05, 4.69) is 20.4 Å². The number of benzene rings is 1. The summed E-state index contributed by atoms with van der Waals surface area (Å²) in [6.07, 6.45) is 1.61. The SMILES string of the molecule is Cc1nc(C)c2c(C)c(C(=O)Nn3cnc4ccccc43)sc2n1. The van der Waals surface area contributed by atoms with Crippen molar-refractivity contribution in [3.05, 3.63) is 52.6 Å². The third kappa shape index (κ3) is 2.25. The summed E-state index contributed by atoms with van der Waals surface area (Å²) >= 11 is 1.39. The summed E-state index contributed by atoms with van der Waals surface area (Å²) in [6, 6.07) is 7.66. The quantitative estimate of drug-likeness (QED) is 0.609. The molecule has 3 aromatic heterocycles. The van der Waals surface area contributed by atoms with Crippen molar-refractivity contribution >= 4 is 38.5 Å². The molecule has 0 saturated heterocycles. The van der Waals surface area contributed by atoms with E-state index in [4.69, 9.17) is 0 Å². The number of aryl methyl sites for hydroxylation is 3. The van der Waals surface area contributed by atoms with Gasteiger partial charge in [0.1, 0.15) is 17.0 Å². The highest BCUT2D eigenvalue weighted by molar-refractivity contribution is 7.20. The predicted octanol–water partition coefficient (Wildman–Crippen LogP) is 3.35. The molecule has 0 aliphatic rings. The van der Waals surface area contributed by atoms with Gasteiger partial charge in [0.05, 0.1) is 15.9 Å². The minimum Gasteiger partial charge on any atom is -0.266 e. The van der Waals surface area contributed by atoms with Gasteiger partial charge in [-0.05, 0) is 38.5 Å². The first kappa shape index (κ1) is 14.8. The Morgan fingerprint density at radius 2 is 1.96 bits per heavy atom. The van der Waals surface area contributed by atoms with Gasteiger partial charge >= 0.3 is 0 Å². The Bertz CT molecular complexity index is 1100. The van der Waals surface area contributed by atoms with Gasteiger partial charge in [0.25, 0.3) is 5.91 Å². The molecule has 0 unspecified atom stereocenters. The van der Waals surface area contributed by atoms with E-state index in [9.17, 15) is 4.79 Å². The first-order chi connectivity index (χ1) is 11.5. The first-order valence-corrected chi connectivity index (χ1v) is 8.34. The van der Waals surface area contributed by atoms with Crippen molar-refractivity contribution in [1.29, 1.82) is 0 Å². The van der Waals surface area contributed by atoms with E-state index in [1.165, 1.54) is 11.3 Å². The van der Waals surface area contributed by atoms with Crippen LogP contribution in [-0.2, 0) is 0 Å². The summed E-state index contributed by atoms with van der Waals surface area (Å²) in [6.45, 7) is 5.74. The molecule has 4 aromatic rings. The van der Waals surface area contributed by atoms with Gasteiger partial charge in [0, 0.05) is 11.1 Å². The minimum absolute atomic E-state index is 0.171. The number of hydrogen-bond donors (Lipinski definition) is 1. The van der Waals surface area contributed by atoms with Gasteiger partial charge in [-0.1, -0.05) is 12.1 Å². The maximum absolute atomic E-state index is 12.7. The third-order valence-corrected chi connectivity index (χ3v) is 5.15. The minimum atomic E-state index is -0.171. The highest BCUT2D eigenvalue weighted by Gasteiger charge is 2.19. The maximum Gasteiger partial charge on any atom is 0.280 e. The Balaban J connectivity index is 1.76. The molecule has 24 heavy (non-hydrogen) atoms. The first-order valence-electron chi connectivity index (χ1n) is 7.52. The van der Waals surface area contributed by atoms with Crippen LogP contribution in [0.2, 0.25) is 0 Å². The summed E-state index contributed by atoms with van der Waals surface area (Å²) in [4.78, 5) is 27.4. The molecular weight excluding hydrogens is 322 g/mol. The van der Waals surface area contributed by atoms with Crippen molar-refractivity contribution in [3.63, 3.8) is 0 Å². The third-order valence-electron chi connectivity index (χ3n) is 3.96. The molecule has 6 nitrogen and oxygen atoms in total. The zero-order valence-electron chi connectivity index (χ0n) is 13.5. The molecule has 0 saturated carbocycles. The molecule has 1 aromatic carbocycles. The predicted molar refractivity (Wildman–Crippen MR) is 95.1 cm³/mol. The topological polar surface area (TPSA) is 72.7 Å². The molecule has 0 aliphatic heterocycles. The molecule has 0 aliphatic carbocycles. The van der Waals surface area contributed by atoms with E-state index in [0.29, 0.717) is 10.7 Å². The Kier molecular flexibility index (Phi) is 3.31. The second kappa shape index (κ2) is 5.38. The van der Waals surface area contributed by atoms with Crippen LogP contribution >= 0.6 is 11.3 Å². The monoisotopic (exact) mass is 337 g/mol. The average Bonchev–Trinajstić information content (AvgIpc) is 3.09. The molecule has 3 heterocycles. The van der Waals surface area contributed by atoms with Gasteiger partial charge in [0.15, 0.2) is 0 Å². The van der Waals surface area contributed by atoms with E-state index >= 15 is 0 Å². The number of para-hydroxylation sites is 2. The van der Waals surface area contributed by atoms with Crippen molar-refractivity contribution in [3.8, 4) is 0 Å². The number of hydrogen-bond acceptors (Lipinski definition) is 5. The van der Waals surface area contributed by atoms with Crippen LogP contribution in [0.15, 0.2) is 30.6 Å². The van der Waals surface area contributed by atoms with Crippen LogP contribution in [0.25, 0.3) is 21.3 Å². The molecule has 0 fully saturated rings. The lowest BCUT2D eigenvalue weighted by Crippen LogP contribution is -2.21. The Hall–Kier alpha value is -2.80. The smallest absolute Gasteiger partial charge is 0.266 e. The van der Waals surface area contributed by atoms with Gasteiger partial charge in [-0.15, -0.1) is 11.3 Å². The molecule has 0 radical (unpaired) electrons. The number of aromatic nitrogens is 4. The molecule has 1 amide bonds. The molecule has 0 bridgehead atoms. The number of imidazole rings is 1. The lowest BCUT2D eigenvalue weighted by molar-refractivity contribution is 0.101. The second-order valence-corrected chi connectivity index (χ2v) is 6.64. The Morgan fingerprint density at radius 3 is 2.79 bits per heavy atom. The van der Waals surface area contributed by atoms with Gasteiger partial charge < -0.3 is 0 Å². The van der Waals surface area contributed by atoms with Crippen LogP contribution in [0, 0.1) is 20.8 Å². The van der Waals surface area contributed by atoms with E-state index in [1.807, 2.05) is 45.0 Å². The normalized spacial score (nSPS) is 11.3. The van der Waals surface area contributed by atoms with Crippen LogP contribution in [-0.4, -0.2) is 25.5 Å². The van der Waals surface area contributed by atoms with Gasteiger partial charge in [0.2, 0.25) is 0 Å². The fraction of sp³-hybridized carbons (Fsp3) is 0.176. The standard InChI is InChI=1S/C17H15N5OS/c1-9-14-10(2)19-11(3)20-17(14)24-15(9)16(23)21-22-8-18-12-6-4-5-7-13(12)22/h4-8H,1-3H3,(H,21,23). The molecular formula is C17H15N5OS. The molecule has 4 rings (SSSR count). The number of fused-ring (bicyclic) bond motifs is 2. The van der Waals surface area contributed by atoms with E-state index in [1.54, 1.807) is 11.0 Å². The summed E-state index contributed by atoms with van der Waals surface area (Å²) < 4.78 is 1.64. The van der Waals surface area contributed by atoms with E-state index in [-0.39, 0.29) is 5.91 Å². The van der Waals surface area contributed by atoms with Gasteiger partial charge in [-0.2, -0.15) is 0 Å². The van der Waals surface area contributed by atoms with E-state index in [0.717, 1.165) is 32.5 Å². The number of nitrogens with zero attached hydrogens (tertiary/aromatic N) is 4. The molecule has 120 valence electrons. The summed E-state index contributed by atoms with van der Waals surface area (Å²) in [5.74, 6) is 0.546. The molecule has 0 spiro atoms. The Labute approximate surface area is 142 Å². The van der Waals surface area contributed by atoms with Crippen LogP contribution in [0.4, 0.5) is 0 Å². The van der Waals surface area contributed by atoms with Crippen LogP contribution in [0.3, 0.4) is 0 Å². The average molecular weight is 337 g/mol. The number of carbonyl (C=O) groups excluding carboxylic acids is 1. The maximum atomic E-state index is 12.7. The fourth-order valence-electron chi connectivity index (χ4n) is 2.90. The van der Waals surface area contributed by atoms with Gasteiger partial charge in [-0.25, -0.2) is 19.6 Å². The Morgan fingerprint density at radius 1 is 1.17 bits per heavy atom. The lowest BCUT2D eigenvalue weighted by Gasteiger charge is -2.06. The largest absolute Gasteiger partial charge is 0.280 e. The van der Waals surface area contributed by atoms with Crippen molar-refractivity contribution in [2.45, 2.75) is 20.8 Å². The zero-order chi connectivity index (χ0) is 16.8. The zero-order valence-corrected chi connectivity index (χ0v) is 14.3. The van der Waals surface area contributed by atoms with Crippen LogP contribution in [0.5, 0.6) is 0 Å². The highest BCUT2D eigenvalue weighted by atomic mass is 32.1. The molecule has 0 atom stereocenters. The second-order valence-electron chi connectivity index (χ2n) is 5.64. The summed E-state index contributed by atoms with van der Waals surface area (Å²) in [5, 5.41) is 0.964. The molecule has 7 heteroatoms. The summed E-state index contributed by atoms with van der Waals surface area (Å²) in [5.41, 5.74) is 6.40. The molecule has 1 N–H and O–H groups in total. The highest BCUT2D eigenvalue weighted by Crippen LogP contribution is 2.31. The number of amides is 1. The van der Waals surface area contributed by atoms with Crippen LogP contribution < -0.4 is 5.43 Å². The van der Waals surface area contributed by atoms with E-state index < -0.39 is 0 Å². The summed E-state index contributed by atoms with van der Waals surface area (Å²) in [7, 11) is 0. The van der Waals surface area contributed by atoms with Crippen molar-refractivity contribution in [2.75, 3.05) is 5.43 Å². The number of carbonyl (C=O) groups is 1. The number of rotatable bonds is 2. The lowest BCUT2D eigenvalue weighted by atomic mass is 10.1. The number of thiophene rings is 1.